The molecular weight excluding hydrogens is 312 g/mol. The second kappa shape index (κ2) is 5.44. The molecule has 1 aromatic rings. The van der Waals surface area contributed by atoms with Crippen molar-refractivity contribution >= 4 is 11.6 Å². The number of carbonyl (C=O) groups excluding carboxylic acids is 1. The van der Waals surface area contributed by atoms with Crippen molar-refractivity contribution in [3.05, 3.63) is 23.8 Å². The van der Waals surface area contributed by atoms with Gasteiger partial charge in [0.2, 0.25) is 5.72 Å². The standard InChI is InChI=1S/C12H10F4N2O4/c13-9(14)7-4-12(22,11(15)16)18(17-7)10(21)6-2-1-5(19)3-8(6)20/h1-3,9,11,19-20,22H,4H2. The lowest BCUT2D eigenvalue weighted by atomic mass is 10.1. The van der Waals surface area contributed by atoms with E-state index in [4.69, 9.17) is 5.11 Å². The monoisotopic (exact) mass is 322 g/mol. The first-order valence-corrected chi connectivity index (χ1v) is 5.89. The molecule has 0 radical (unpaired) electrons. The number of phenolic OH excluding ortho intramolecular Hbond substituents is 2. The van der Waals surface area contributed by atoms with Crippen LogP contribution in [0.25, 0.3) is 0 Å². The van der Waals surface area contributed by atoms with Crippen LogP contribution in [-0.4, -0.2) is 50.5 Å². The Hall–Kier alpha value is -2.36. The van der Waals surface area contributed by atoms with E-state index in [0.717, 1.165) is 18.2 Å². The van der Waals surface area contributed by atoms with Crippen LogP contribution < -0.4 is 0 Å². The number of rotatable bonds is 3. The van der Waals surface area contributed by atoms with Gasteiger partial charge in [0.25, 0.3) is 18.8 Å². The average molecular weight is 322 g/mol. The number of benzene rings is 1. The topological polar surface area (TPSA) is 93.4 Å². The van der Waals surface area contributed by atoms with Crippen molar-refractivity contribution in [3.63, 3.8) is 0 Å². The number of hydrogen-bond acceptors (Lipinski definition) is 5. The van der Waals surface area contributed by atoms with Gasteiger partial charge in [-0.05, 0) is 12.1 Å². The zero-order valence-corrected chi connectivity index (χ0v) is 10.8. The normalized spacial score (nSPS) is 21.6. The molecule has 0 saturated carbocycles. The number of amides is 1. The van der Waals surface area contributed by atoms with E-state index in [2.05, 4.69) is 5.10 Å². The van der Waals surface area contributed by atoms with E-state index in [1.807, 2.05) is 0 Å². The second-order valence-corrected chi connectivity index (χ2v) is 4.57. The maximum absolute atomic E-state index is 13.0. The summed E-state index contributed by atoms with van der Waals surface area (Å²) < 4.78 is 51.2. The molecule has 1 atom stereocenters. The van der Waals surface area contributed by atoms with Gasteiger partial charge in [-0.2, -0.15) is 10.1 Å². The maximum Gasteiger partial charge on any atom is 0.287 e. The summed E-state index contributed by atoms with van der Waals surface area (Å²) in [4.78, 5) is 12.1. The quantitative estimate of drug-likeness (QED) is 0.736. The molecule has 10 heteroatoms. The van der Waals surface area contributed by atoms with Crippen LogP contribution in [0, 0.1) is 0 Å². The van der Waals surface area contributed by atoms with E-state index in [1.54, 1.807) is 0 Å². The predicted octanol–water partition coefficient (Wildman–Crippen LogP) is 1.52. The zero-order chi connectivity index (χ0) is 16.7. The zero-order valence-electron chi connectivity index (χ0n) is 10.8. The van der Waals surface area contributed by atoms with Gasteiger partial charge in [0.05, 0.1) is 5.56 Å². The fourth-order valence-corrected chi connectivity index (χ4v) is 1.92. The highest BCUT2D eigenvalue weighted by molar-refractivity contribution is 6.00. The van der Waals surface area contributed by atoms with Crippen LogP contribution in [0.15, 0.2) is 23.3 Å². The molecule has 3 N–H and O–H groups in total. The van der Waals surface area contributed by atoms with Gasteiger partial charge in [0.15, 0.2) is 0 Å². The first kappa shape index (κ1) is 16.0. The van der Waals surface area contributed by atoms with Crippen molar-refractivity contribution in [2.45, 2.75) is 25.0 Å². The Morgan fingerprint density at radius 1 is 1.27 bits per heavy atom. The summed E-state index contributed by atoms with van der Waals surface area (Å²) in [6.07, 6.45) is -8.00. The van der Waals surface area contributed by atoms with Gasteiger partial charge in [-0.25, -0.2) is 17.6 Å². The van der Waals surface area contributed by atoms with E-state index in [1.165, 1.54) is 0 Å². The van der Waals surface area contributed by atoms with Gasteiger partial charge in [-0.1, -0.05) is 0 Å². The second-order valence-electron chi connectivity index (χ2n) is 4.57. The van der Waals surface area contributed by atoms with Gasteiger partial charge >= 0.3 is 0 Å². The van der Waals surface area contributed by atoms with E-state index < -0.39 is 53.7 Å². The van der Waals surface area contributed by atoms with Crippen LogP contribution in [0.3, 0.4) is 0 Å². The summed E-state index contributed by atoms with van der Waals surface area (Å²) in [5, 5.41) is 31.3. The van der Waals surface area contributed by atoms with Gasteiger partial charge in [-0.15, -0.1) is 0 Å². The first-order valence-electron chi connectivity index (χ1n) is 5.89. The number of alkyl halides is 4. The van der Waals surface area contributed by atoms with E-state index in [9.17, 15) is 32.6 Å². The number of hydrazone groups is 1. The molecule has 1 aromatic carbocycles. The number of carbonyl (C=O) groups is 1. The van der Waals surface area contributed by atoms with Gasteiger partial charge < -0.3 is 15.3 Å². The Bertz CT molecular complexity index is 638. The van der Waals surface area contributed by atoms with E-state index >= 15 is 0 Å². The highest BCUT2D eigenvalue weighted by Crippen LogP contribution is 2.35. The minimum atomic E-state index is -3.56. The average Bonchev–Trinajstić information content (AvgIpc) is 2.78. The lowest BCUT2D eigenvalue weighted by Crippen LogP contribution is -2.51. The smallest absolute Gasteiger partial charge is 0.287 e. The molecule has 22 heavy (non-hydrogen) atoms. The number of phenols is 2. The van der Waals surface area contributed by atoms with Crippen LogP contribution in [0.1, 0.15) is 16.8 Å². The summed E-state index contributed by atoms with van der Waals surface area (Å²) in [6.45, 7) is 0. The Morgan fingerprint density at radius 3 is 2.41 bits per heavy atom. The third-order valence-electron chi connectivity index (χ3n) is 3.04. The molecule has 1 amide bonds. The highest BCUT2D eigenvalue weighted by atomic mass is 19.3. The van der Waals surface area contributed by atoms with E-state index in [-0.39, 0.29) is 5.01 Å². The molecule has 0 saturated heterocycles. The van der Waals surface area contributed by atoms with Gasteiger partial charge in [0, 0.05) is 12.5 Å². The highest BCUT2D eigenvalue weighted by Gasteiger charge is 2.53. The summed E-state index contributed by atoms with van der Waals surface area (Å²) in [5.74, 6) is -2.59. The van der Waals surface area contributed by atoms with Gasteiger partial charge in [-0.3, -0.25) is 4.79 Å². The van der Waals surface area contributed by atoms with Crippen LogP contribution in [0.4, 0.5) is 17.6 Å². The van der Waals surface area contributed by atoms with E-state index in [0.29, 0.717) is 0 Å². The number of halogens is 4. The van der Waals surface area contributed by atoms with Crippen LogP contribution in [0.5, 0.6) is 11.5 Å². The summed E-state index contributed by atoms with van der Waals surface area (Å²) in [5.41, 5.74) is -4.89. The summed E-state index contributed by atoms with van der Waals surface area (Å²) in [7, 11) is 0. The summed E-state index contributed by atoms with van der Waals surface area (Å²) in [6, 6.07) is 2.61. The molecule has 0 aliphatic carbocycles. The number of aliphatic hydroxyl groups is 1. The van der Waals surface area contributed by atoms with Crippen LogP contribution in [0.2, 0.25) is 0 Å². The predicted molar refractivity (Wildman–Crippen MR) is 65.0 cm³/mol. The molecule has 0 aromatic heterocycles. The molecule has 1 heterocycles. The fourth-order valence-electron chi connectivity index (χ4n) is 1.92. The van der Waals surface area contributed by atoms with Gasteiger partial charge in [0.1, 0.15) is 17.2 Å². The lowest BCUT2D eigenvalue weighted by Gasteiger charge is -2.30. The third-order valence-corrected chi connectivity index (χ3v) is 3.04. The molecule has 1 aliphatic rings. The lowest BCUT2D eigenvalue weighted by molar-refractivity contribution is -0.164. The SMILES string of the molecule is O=C(c1ccc(O)cc1O)N1N=C(C(F)F)CC1(O)C(F)F. The van der Waals surface area contributed by atoms with Crippen molar-refractivity contribution in [2.24, 2.45) is 5.10 Å². The molecule has 1 aliphatic heterocycles. The molecule has 6 nitrogen and oxygen atoms in total. The molecule has 120 valence electrons. The number of aromatic hydroxyl groups is 2. The molecular formula is C12H10F4N2O4. The Morgan fingerprint density at radius 2 is 1.91 bits per heavy atom. The fraction of sp³-hybridized carbons (Fsp3) is 0.333. The van der Waals surface area contributed by atoms with Crippen LogP contribution in [-0.2, 0) is 0 Å². The largest absolute Gasteiger partial charge is 0.508 e. The van der Waals surface area contributed by atoms with Crippen molar-refractivity contribution in [1.29, 1.82) is 0 Å². The number of nitrogens with zero attached hydrogens (tertiary/aromatic N) is 2. The van der Waals surface area contributed by atoms with Crippen molar-refractivity contribution in [3.8, 4) is 11.5 Å². The Balaban J connectivity index is 2.44. The molecule has 0 fully saturated rings. The Labute approximate surface area is 120 Å². The third kappa shape index (κ3) is 2.56. The first-order chi connectivity index (χ1) is 10.2. The number of hydrogen-bond donors (Lipinski definition) is 3. The maximum atomic E-state index is 13.0. The van der Waals surface area contributed by atoms with Crippen molar-refractivity contribution < 1.29 is 37.7 Å². The summed E-state index contributed by atoms with van der Waals surface area (Å²) >= 11 is 0. The van der Waals surface area contributed by atoms with Crippen LogP contribution >= 0.6 is 0 Å². The van der Waals surface area contributed by atoms with Crippen molar-refractivity contribution in [2.75, 3.05) is 0 Å². The molecule has 2 rings (SSSR count). The Kier molecular flexibility index (Phi) is 3.96. The minimum absolute atomic E-state index is 0.175. The molecule has 1 unspecified atom stereocenters. The molecule has 0 bridgehead atoms. The molecule has 0 spiro atoms. The van der Waals surface area contributed by atoms with Crippen molar-refractivity contribution in [1.82, 2.24) is 5.01 Å². The minimum Gasteiger partial charge on any atom is -0.508 e.